The van der Waals surface area contributed by atoms with Crippen molar-refractivity contribution in [3.63, 3.8) is 0 Å². The Morgan fingerprint density at radius 2 is 1.75 bits per heavy atom. The standard InChI is InChI=1S/C8H3BrCl3N3S/c9-7-14-15-8(16-7)13-6-2-4(11)3(10)1-5(6)12/h1-2H,(H,13,15). The summed E-state index contributed by atoms with van der Waals surface area (Å²) in [5.41, 5.74) is 0.639. The molecule has 0 spiro atoms. The predicted octanol–water partition coefficient (Wildman–Crippen LogP) is 5.00. The summed E-state index contributed by atoms with van der Waals surface area (Å²) < 4.78 is 0.686. The summed E-state index contributed by atoms with van der Waals surface area (Å²) in [4.78, 5) is 0. The summed E-state index contributed by atoms with van der Waals surface area (Å²) in [6.45, 7) is 0. The molecule has 0 amide bonds. The van der Waals surface area contributed by atoms with E-state index >= 15 is 0 Å². The fraction of sp³-hybridized carbons (Fsp3) is 0. The summed E-state index contributed by atoms with van der Waals surface area (Å²) in [6, 6.07) is 3.21. The molecule has 0 saturated carbocycles. The van der Waals surface area contributed by atoms with Gasteiger partial charge in [0.2, 0.25) is 5.13 Å². The number of hydrogen-bond donors (Lipinski definition) is 1. The molecule has 0 fully saturated rings. The molecule has 2 rings (SSSR count). The first kappa shape index (κ1) is 12.4. The Labute approximate surface area is 119 Å². The highest BCUT2D eigenvalue weighted by atomic mass is 79.9. The van der Waals surface area contributed by atoms with Crippen LogP contribution in [0.15, 0.2) is 16.0 Å². The van der Waals surface area contributed by atoms with Crippen LogP contribution in [0.1, 0.15) is 0 Å². The van der Waals surface area contributed by atoms with Crippen LogP contribution in [0.25, 0.3) is 0 Å². The molecule has 0 aliphatic heterocycles. The molecule has 3 nitrogen and oxygen atoms in total. The number of rotatable bonds is 2. The molecule has 1 heterocycles. The first-order chi connectivity index (χ1) is 7.56. The van der Waals surface area contributed by atoms with Crippen molar-refractivity contribution < 1.29 is 0 Å². The quantitative estimate of drug-likeness (QED) is 0.767. The first-order valence-corrected chi connectivity index (χ1v) is 6.71. The van der Waals surface area contributed by atoms with Crippen molar-refractivity contribution in [2.24, 2.45) is 0 Å². The maximum absolute atomic E-state index is 6.00. The van der Waals surface area contributed by atoms with E-state index in [-0.39, 0.29) is 0 Å². The van der Waals surface area contributed by atoms with Crippen LogP contribution in [0, 0.1) is 0 Å². The van der Waals surface area contributed by atoms with Crippen LogP contribution in [0.4, 0.5) is 10.8 Å². The van der Waals surface area contributed by atoms with Crippen molar-refractivity contribution in [1.29, 1.82) is 0 Å². The van der Waals surface area contributed by atoms with Crippen LogP contribution in [0.5, 0.6) is 0 Å². The van der Waals surface area contributed by atoms with Gasteiger partial charge in [-0.05, 0) is 28.1 Å². The van der Waals surface area contributed by atoms with E-state index < -0.39 is 0 Å². The minimum absolute atomic E-state index is 0.413. The first-order valence-electron chi connectivity index (χ1n) is 3.97. The molecule has 16 heavy (non-hydrogen) atoms. The summed E-state index contributed by atoms with van der Waals surface area (Å²) >= 11 is 22.3. The van der Waals surface area contributed by atoms with E-state index in [0.29, 0.717) is 29.8 Å². The highest BCUT2D eigenvalue weighted by Gasteiger charge is 2.08. The number of aromatic nitrogens is 2. The van der Waals surface area contributed by atoms with Gasteiger partial charge >= 0.3 is 0 Å². The van der Waals surface area contributed by atoms with Crippen LogP contribution in [0.2, 0.25) is 15.1 Å². The van der Waals surface area contributed by atoms with Gasteiger partial charge in [0.05, 0.1) is 20.8 Å². The molecule has 0 bridgehead atoms. The molecule has 0 aliphatic rings. The fourth-order valence-corrected chi connectivity index (χ4v) is 2.61. The zero-order valence-corrected chi connectivity index (χ0v) is 12.1. The Balaban J connectivity index is 2.31. The Hall–Kier alpha value is -0.0700. The largest absolute Gasteiger partial charge is 0.329 e. The summed E-state index contributed by atoms with van der Waals surface area (Å²) in [5, 5.41) is 12.6. The molecule has 0 aliphatic carbocycles. The third kappa shape index (κ3) is 2.78. The van der Waals surface area contributed by atoms with E-state index in [1.165, 1.54) is 11.3 Å². The lowest BCUT2D eigenvalue weighted by Crippen LogP contribution is -1.90. The molecule has 0 radical (unpaired) electrons. The molecule has 1 aromatic carbocycles. The van der Waals surface area contributed by atoms with Gasteiger partial charge in [-0.3, -0.25) is 0 Å². The Bertz CT molecular complexity index is 531. The van der Waals surface area contributed by atoms with Crippen molar-refractivity contribution >= 4 is 72.9 Å². The van der Waals surface area contributed by atoms with Crippen LogP contribution in [-0.4, -0.2) is 10.2 Å². The van der Waals surface area contributed by atoms with Crippen LogP contribution < -0.4 is 5.32 Å². The van der Waals surface area contributed by atoms with Gasteiger partial charge in [-0.25, -0.2) is 0 Å². The van der Waals surface area contributed by atoms with E-state index in [2.05, 4.69) is 31.4 Å². The Kier molecular flexibility index (Phi) is 3.92. The average molecular weight is 359 g/mol. The Morgan fingerprint density at radius 1 is 1.06 bits per heavy atom. The molecule has 0 atom stereocenters. The number of nitrogens with one attached hydrogen (secondary N) is 1. The SMILES string of the molecule is Clc1cc(Cl)c(Nc2nnc(Br)s2)cc1Cl. The van der Waals surface area contributed by atoms with Gasteiger partial charge < -0.3 is 5.32 Å². The second kappa shape index (κ2) is 5.06. The number of halogens is 4. The number of nitrogens with zero attached hydrogens (tertiary/aromatic N) is 2. The Morgan fingerprint density at radius 3 is 2.38 bits per heavy atom. The molecule has 0 unspecified atom stereocenters. The van der Waals surface area contributed by atoms with Crippen molar-refractivity contribution in [3.05, 3.63) is 31.1 Å². The number of hydrogen-bond acceptors (Lipinski definition) is 4. The van der Waals surface area contributed by atoms with Crippen molar-refractivity contribution in [2.75, 3.05) is 5.32 Å². The lowest BCUT2D eigenvalue weighted by Gasteiger charge is -2.06. The van der Waals surface area contributed by atoms with Gasteiger partial charge in [0, 0.05) is 0 Å². The van der Waals surface area contributed by atoms with E-state index in [1.807, 2.05) is 0 Å². The predicted molar refractivity (Wildman–Crippen MR) is 72.4 cm³/mol. The van der Waals surface area contributed by atoms with Gasteiger partial charge in [0.1, 0.15) is 0 Å². The smallest absolute Gasteiger partial charge is 0.210 e. The molecule has 2 aromatic rings. The lowest BCUT2D eigenvalue weighted by molar-refractivity contribution is 1.07. The van der Waals surface area contributed by atoms with Gasteiger partial charge in [0.25, 0.3) is 0 Å². The average Bonchev–Trinajstić information content (AvgIpc) is 2.60. The zero-order valence-electron chi connectivity index (χ0n) is 7.47. The second-order valence-electron chi connectivity index (χ2n) is 2.73. The highest BCUT2D eigenvalue weighted by molar-refractivity contribution is 9.11. The normalized spacial score (nSPS) is 10.5. The summed E-state index contributed by atoms with van der Waals surface area (Å²) in [7, 11) is 0. The van der Waals surface area contributed by atoms with E-state index in [9.17, 15) is 0 Å². The van der Waals surface area contributed by atoms with Gasteiger partial charge in [-0.15, -0.1) is 10.2 Å². The van der Waals surface area contributed by atoms with E-state index in [4.69, 9.17) is 34.8 Å². The minimum Gasteiger partial charge on any atom is -0.329 e. The molecule has 1 aromatic heterocycles. The minimum atomic E-state index is 0.413. The topological polar surface area (TPSA) is 37.8 Å². The zero-order chi connectivity index (χ0) is 11.7. The van der Waals surface area contributed by atoms with Crippen LogP contribution in [0.3, 0.4) is 0 Å². The van der Waals surface area contributed by atoms with Crippen LogP contribution in [-0.2, 0) is 0 Å². The summed E-state index contributed by atoms with van der Waals surface area (Å²) in [6.07, 6.45) is 0. The third-order valence-electron chi connectivity index (χ3n) is 1.65. The van der Waals surface area contributed by atoms with Crippen molar-refractivity contribution in [2.45, 2.75) is 0 Å². The van der Waals surface area contributed by atoms with E-state index in [0.717, 1.165) is 0 Å². The lowest BCUT2D eigenvalue weighted by atomic mass is 10.3. The van der Waals surface area contributed by atoms with Crippen molar-refractivity contribution in [3.8, 4) is 0 Å². The van der Waals surface area contributed by atoms with Gasteiger partial charge in [0.15, 0.2) is 3.92 Å². The number of benzene rings is 1. The molecule has 84 valence electrons. The van der Waals surface area contributed by atoms with Crippen molar-refractivity contribution in [1.82, 2.24) is 10.2 Å². The molecular weight excluding hydrogens is 356 g/mol. The highest BCUT2D eigenvalue weighted by Crippen LogP contribution is 2.34. The molecular formula is C8H3BrCl3N3S. The fourth-order valence-electron chi connectivity index (χ4n) is 0.989. The molecule has 1 N–H and O–H groups in total. The summed E-state index contributed by atoms with van der Waals surface area (Å²) in [5.74, 6) is 0. The maximum Gasteiger partial charge on any atom is 0.210 e. The maximum atomic E-state index is 6.00. The molecule has 8 heteroatoms. The van der Waals surface area contributed by atoms with E-state index in [1.54, 1.807) is 12.1 Å². The molecule has 0 saturated heterocycles. The van der Waals surface area contributed by atoms with Gasteiger partial charge in [-0.1, -0.05) is 46.1 Å². The number of anilines is 2. The van der Waals surface area contributed by atoms with Crippen LogP contribution >= 0.6 is 62.1 Å². The van der Waals surface area contributed by atoms with Gasteiger partial charge in [-0.2, -0.15) is 0 Å². The second-order valence-corrected chi connectivity index (χ2v) is 6.21. The third-order valence-corrected chi connectivity index (χ3v) is 3.96. The monoisotopic (exact) mass is 357 g/mol.